The topological polar surface area (TPSA) is 101 Å². The Labute approximate surface area is 144 Å². The molecule has 134 valence electrons. The molecule has 0 atom stereocenters. The molecule has 24 heavy (non-hydrogen) atoms. The third-order valence-corrected chi connectivity index (χ3v) is 6.10. The van der Waals surface area contributed by atoms with Crippen LogP contribution in [0.4, 0.5) is 0 Å². The molecular weight excluding hydrogens is 326 g/mol. The van der Waals surface area contributed by atoms with Crippen LogP contribution in [0.5, 0.6) is 0 Å². The lowest BCUT2D eigenvalue weighted by molar-refractivity contribution is 0.0942. The van der Waals surface area contributed by atoms with Crippen LogP contribution in [0.1, 0.15) is 49.9 Å². The molecule has 1 aliphatic carbocycles. The van der Waals surface area contributed by atoms with Gasteiger partial charge in [-0.15, -0.1) is 0 Å². The first-order valence-corrected chi connectivity index (χ1v) is 9.95. The number of hydrogen-bond donors (Lipinski definition) is 3. The highest BCUT2D eigenvalue weighted by Gasteiger charge is 2.25. The number of carbonyl (C=O) groups is 1. The SMILES string of the molecule is CCC(N)(CC)CNC(=O)c1cccc(S(=O)(=O)NCC2CC2)c1. The third kappa shape index (κ3) is 5.03. The second-order valence-corrected chi connectivity index (χ2v) is 8.34. The van der Waals surface area contributed by atoms with Crippen LogP contribution in [-0.2, 0) is 10.0 Å². The number of nitrogens with one attached hydrogen (secondary N) is 2. The molecule has 1 aliphatic rings. The number of nitrogens with two attached hydrogens (primary N) is 1. The van der Waals surface area contributed by atoms with Crippen molar-refractivity contribution in [3.05, 3.63) is 29.8 Å². The van der Waals surface area contributed by atoms with E-state index in [1.807, 2.05) is 13.8 Å². The average molecular weight is 353 g/mol. The first-order valence-electron chi connectivity index (χ1n) is 8.46. The van der Waals surface area contributed by atoms with Gasteiger partial charge in [-0.05, 0) is 49.8 Å². The molecule has 4 N–H and O–H groups in total. The fraction of sp³-hybridized carbons (Fsp3) is 0.588. The van der Waals surface area contributed by atoms with Crippen LogP contribution >= 0.6 is 0 Å². The van der Waals surface area contributed by atoms with Gasteiger partial charge in [0.1, 0.15) is 0 Å². The van der Waals surface area contributed by atoms with Gasteiger partial charge in [0.2, 0.25) is 10.0 Å². The second-order valence-electron chi connectivity index (χ2n) is 6.58. The molecule has 0 radical (unpaired) electrons. The molecule has 1 amide bonds. The molecule has 0 spiro atoms. The van der Waals surface area contributed by atoms with E-state index in [2.05, 4.69) is 10.0 Å². The molecule has 0 bridgehead atoms. The van der Waals surface area contributed by atoms with Gasteiger partial charge in [0.05, 0.1) is 4.90 Å². The molecule has 0 aliphatic heterocycles. The van der Waals surface area contributed by atoms with E-state index >= 15 is 0 Å². The Morgan fingerprint density at radius 2 is 1.96 bits per heavy atom. The normalized spacial score (nSPS) is 15.3. The first kappa shape index (κ1) is 18.9. The van der Waals surface area contributed by atoms with Gasteiger partial charge in [0.15, 0.2) is 0 Å². The van der Waals surface area contributed by atoms with Crippen molar-refractivity contribution in [1.82, 2.24) is 10.0 Å². The average Bonchev–Trinajstić information content (AvgIpc) is 3.42. The fourth-order valence-electron chi connectivity index (χ4n) is 2.30. The number of carbonyl (C=O) groups excluding carboxylic acids is 1. The lowest BCUT2D eigenvalue weighted by atomic mass is 9.94. The van der Waals surface area contributed by atoms with Crippen molar-refractivity contribution in [2.75, 3.05) is 13.1 Å². The summed E-state index contributed by atoms with van der Waals surface area (Å²) in [7, 11) is -3.58. The van der Waals surface area contributed by atoms with Crippen LogP contribution < -0.4 is 15.8 Å². The van der Waals surface area contributed by atoms with Crippen LogP contribution in [0.25, 0.3) is 0 Å². The van der Waals surface area contributed by atoms with Crippen LogP contribution in [0.3, 0.4) is 0 Å². The molecule has 0 heterocycles. The van der Waals surface area contributed by atoms with E-state index < -0.39 is 15.6 Å². The van der Waals surface area contributed by atoms with Gasteiger partial charge < -0.3 is 11.1 Å². The number of rotatable bonds is 9. The predicted octanol–water partition coefficient (Wildman–Crippen LogP) is 1.62. The maximum atomic E-state index is 12.3. The minimum atomic E-state index is -3.58. The van der Waals surface area contributed by atoms with E-state index in [4.69, 9.17) is 5.73 Å². The highest BCUT2D eigenvalue weighted by atomic mass is 32.2. The summed E-state index contributed by atoms with van der Waals surface area (Å²) >= 11 is 0. The lowest BCUT2D eigenvalue weighted by Crippen LogP contribution is -2.49. The molecule has 1 aromatic carbocycles. The molecule has 0 unspecified atom stereocenters. The molecule has 1 saturated carbocycles. The van der Waals surface area contributed by atoms with Crippen molar-refractivity contribution in [1.29, 1.82) is 0 Å². The maximum absolute atomic E-state index is 12.3. The first-order chi connectivity index (χ1) is 11.3. The highest BCUT2D eigenvalue weighted by molar-refractivity contribution is 7.89. The van der Waals surface area contributed by atoms with Gasteiger partial charge in [-0.25, -0.2) is 13.1 Å². The molecule has 1 fully saturated rings. The summed E-state index contributed by atoms with van der Waals surface area (Å²) in [6.45, 7) is 4.78. The van der Waals surface area contributed by atoms with Crippen molar-refractivity contribution < 1.29 is 13.2 Å². The Morgan fingerprint density at radius 3 is 2.54 bits per heavy atom. The Kier molecular flexibility index (Phi) is 6.01. The Morgan fingerprint density at radius 1 is 1.29 bits per heavy atom. The molecule has 0 saturated heterocycles. The van der Waals surface area contributed by atoms with E-state index in [1.165, 1.54) is 12.1 Å². The van der Waals surface area contributed by atoms with Crippen molar-refractivity contribution in [2.45, 2.75) is 50.0 Å². The molecule has 0 aromatic heterocycles. The lowest BCUT2D eigenvalue weighted by Gasteiger charge is -2.26. The predicted molar refractivity (Wildman–Crippen MR) is 94.2 cm³/mol. The summed E-state index contributed by atoms with van der Waals surface area (Å²) in [5.74, 6) is 0.137. The van der Waals surface area contributed by atoms with E-state index in [9.17, 15) is 13.2 Å². The molecular formula is C17H27N3O3S. The van der Waals surface area contributed by atoms with Gasteiger partial charge in [-0.3, -0.25) is 4.79 Å². The Hall–Kier alpha value is -1.44. The smallest absolute Gasteiger partial charge is 0.251 e. The van der Waals surface area contributed by atoms with Crippen LogP contribution in [0, 0.1) is 5.92 Å². The summed E-state index contributed by atoms with van der Waals surface area (Å²) in [5.41, 5.74) is 6.05. The fourth-order valence-corrected chi connectivity index (χ4v) is 3.46. The zero-order valence-corrected chi connectivity index (χ0v) is 15.2. The summed E-state index contributed by atoms with van der Waals surface area (Å²) in [5, 5.41) is 2.80. The quantitative estimate of drug-likeness (QED) is 0.628. The standard InChI is InChI=1S/C17H27N3O3S/c1-3-17(18,4-2)12-19-16(21)14-6-5-7-15(10-14)24(22,23)20-11-13-8-9-13/h5-7,10,13,20H,3-4,8-9,11-12,18H2,1-2H3,(H,19,21). The van der Waals surface area contributed by atoms with E-state index in [0.717, 1.165) is 25.7 Å². The van der Waals surface area contributed by atoms with Crippen molar-refractivity contribution in [2.24, 2.45) is 11.7 Å². The van der Waals surface area contributed by atoms with E-state index in [-0.39, 0.29) is 10.8 Å². The van der Waals surface area contributed by atoms with Gasteiger partial charge >= 0.3 is 0 Å². The maximum Gasteiger partial charge on any atom is 0.251 e. The minimum Gasteiger partial charge on any atom is -0.350 e. The number of hydrogen-bond acceptors (Lipinski definition) is 4. The number of sulfonamides is 1. The monoisotopic (exact) mass is 353 g/mol. The number of benzene rings is 1. The van der Waals surface area contributed by atoms with Crippen molar-refractivity contribution >= 4 is 15.9 Å². The van der Waals surface area contributed by atoms with Crippen molar-refractivity contribution in [3.63, 3.8) is 0 Å². The van der Waals surface area contributed by atoms with Gasteiger partial charge in [-0.2, -0.15) is 0 Å². The van der Waals surface area contributed by atoms with Gasteiger partial charge in [0, 0.05) is 24.2 Å². The molecule has 1 aromatic rings. The van der Waals surface area contributed by atoms with Gasteiger partial charge in [0.25, 0.3) is 5.91 Å². The van der Waals surface area contributed by atoms with Gasteiger partial charge in [-0.1, -0.05) is 19.9 Å². The Balaban J connectivity index is 2.04. The Bertz CT molecular complexity index is 680. The summed E-state index contributed by atoms with van der Waals surface area (Å²) in [6.07, 6.45) is 3.65. The zero-order chi connectivity index (χ0) is 17.8. The largest absolute Gasteiger partial charge is 0.350 e. The molecule has 2 rings (SSSR count). The summed E-state index contributed by atoms with van der Waals surface area (Å²) in [4.78, 5) is 12.4. The van der Waals surface area contributed by atoms with E-state index in [1.54, 1.807) is 12.1 Å². The summed E-state index contributed by atoms with van der Waals surface area (Å²) in [6, 6.07) is 6.08. The highest BCUT2D eigenvalue weighted by Crippen LogP contribution is 2.28. The van der Waals surface area contributed by atoms with Crippen LogP contribution in [0.2, 0.25) is 0 Å². The zero-order valence-electron chi connectivity index (χ0n) is 14.3. The molecule has 6 nitrogen and oxygen atoms in total. The van der Waals surface area contributed by atoms with Crippen LogP contribution in [-0.4, -0.2) is 33.0 Å². The van der Waals surface area contributed by atoms with Crippen LogP contribution in [0.15, 0.2) is 29.2 Å². The minimum absolute atomic E-state index is 0.112. The molecule has 7 heteroatoms. The van der Waals surface area contributed by atoms with E-state index in [0.29, 0.717) is 24.6 Å². The second kappa shape index (κ2) is 7.63. The van der Waals surface area contributed by atoms with Crippen molar-refractivity contribution in [3.8, 4) is 0 Å². The third-order valence-electron chi connectivity index (χ3n) is 4.67. The number of amides is 1. The summed E-state index contributed by atoms with van der Waals surface area (Å²) < 4.78 is 27.2.